The van der Waals surface area contributed by atoms with Gasteiger partial charge >= 0.3 is 0 Å². The smallest absolute Gasteiger partial charge is 0.273 e. The number of anilines is 1. The van der Waals surface area contributed by atoms with E-state index in [4.69, 9.17) is 26.1 Å². The van der Waals surface area contributed by atoms with E-state index in [9.17, 15) is 4.79 Å². The van der Waals surface area contributed by atoms with E-state index in [1.165, 1.54) is 0 Å². The van der Waals surface area contributed by atoms with Gasteiger partial charge in [-0.3, -0.25) is 4.79 Å². The maximum Gasteiger partial charge on any atom is 0.273 e. The molecule has 1 aromatic carbocycles. The summed E-state index contributed by atoms with van der Waals surface area (Å²) in [5.41, 5.74) is 3.93. The molecule has 9 heteroatoms. The summed E-state index contributed by atoms with van der Waals surface area (Å²) >= 11 is 6.76. The fourth-order valence-electron chi connectivity index (χ4n) is 6.67. The number of methoxy groups -OCH3 is 1. The molecule has 2 fully saturated rings. The highest BCUT2D eigenvalue weighted by Gasteiger charge is 2.52. The van der Waals surface area contributed by atoms with Gasteiger partial charge in [0.2, 0.25) is 5.88 Å². The molecule has 3 aliphatic rings. The van der Waals surface area contributed by atoms with Crippen LogP contribution in [0.3, 0.4) is 0 Å². The number of hydrogen-bond acceptors (Lipinski definition) is 7. The molecule has 0 bridgehead atoms. The Morgan fingerprint density at radius 3 is 2.73 bits per heavy atom. The minimum absolute atomic E-state index is 0.0175. The van der Waals surface area contributed by atoms with E-state index >= 15 is 0 Å². The third kappa shape index (κ3) is 4.38. The molecule has 0 radical (unpaired) electrons. The molecule has 5 heterocycles. The average Bonchev–Trinajstić information content (AvgIpc) is 2.95. The van der Waals surface area contributed by atoms with Crippen molar-refractivity contribution in [3.8, 4) is 22.9 Å². The zero-order chi connectivity index (χ0) is 27.9. The van der Waals surface area contributed by atoms with Crippen molar-refractivity contribution in [1.82, 2.24) is 20.2 Å². The van der Waals surface area contributed by atoms with Crippen molar-refractivity contribution in [2.45, 2.75) is 38.1 Å². The van der Waals surface area contributed by atoms with Gasteiger partial charge in [-0.25, -0.2) is 9.97 Å². The first-order valence-electron chi connectivity index (χ1n) is 14.2. The molecule has 8 nitrogen and oxygen atoms in total. The van der Waals surface area contributed by atoms with Crippen molar-refractivity contribution in [3.05, 3.63) is 64.9 Å². The van der Waals surface area contributed by atoms with Gasteiger partial charge in [0, 0.05) is 44.3 Å². The summed E-state index contributed by atoms with van der Waals surface area (Å²) in [6.45, 7) is 8.70. The van der Waals surface area contributed by atoms with Crippen molar-refractivity contribution in [1.29, 1.82) is 0 Å². The fraction of sp³-hybridized carbons (Fsp3) is 0.452. The van der Waals surface area contributed by atoms with Crippen LogP contribution in [0.2, 0.25) is 5.02 Å². The summed E-state index contributed by atoms with van der Waals surface area (Å²) in [6, 6.07) is 14.1. The number of aromatic nitrogens is 2. The number of ether oxygens (including phenoxy) is 2. The Bertz CT molecular complexity index is 1410. The molecule has 210 valence electrons. The van der Waals surface area contributed by atoms with Crippen molar-refractivity contribution in [2.75, 3.05) is 51.3 Å². The third-order valence-corrected chi connectivity index (χ3v) is 9.30. The number of carbonyl (C=O) groups excluding carboxylic acids is 1. The largest absolute Gasteiger partial charge is 0.495 e. The van der Waals surface area contributed by atoms with Gasteiger partial charge < -0.3 is 24.6 Å². The van der Waals surface area contributed by atoms with E-state index in [1.54, 1.807) is 13.3 Å². The number of nitrogens with zero attached hydrogens (tertiary/aromatic N) is 4. The number of hydrogen-bond donors (Lipinski definition) is 1. The van der Waals surface area contributed by atoms with Crippen LogP contribution in [0.25, 0.3) is 11.3 Å². The van der Waals surface area contributed by atoms with Gasteiger partial charge in [-0.1, -0.05) is 37.1 Å². The predicted molar refractivity (Wildman–Crippen MR) is 157 cm³/mol. The van der Waals surface area contributed by atoms with E-state index in [1.807, 2.05) is 37.3 Å². The second-order valence-electron chi connectivity index (χ2n) is 10.9. The lowest BCUT2D eigenvalue weighted by atomic mass is 9.62. The van der Waals surface area contributed by atoms with E-state index in [0.717, 1.165) is 55.8 Å². The average molecular weight is 562 g/mol. The van der Waals surface area contributed by atoms with Crippen LogP contribution in [0.5, 0.6) is 11.6 Å². The van der Waals surface area contributed by atoms with E-state index in [-0.39, 0.29) is 17.4 Å². The zero-order valence-electron chi connectivity index (χ0n) is 23.3. The van der Waals surface area contributed by atoms with Crippen LogP contribution in [0.15, 0.2) is 48.7 Å². The highest BCUT2D eigenvalue weighted by atomic mass is 35.5. The van der Waals surface area contributed by atoms with Gasteiger partial charge in [0.1, 0.15) is 16.5 Å². The third-order valence-electron chi connectivity index (χ3n) is 8.92. The number of halogens is 1. The van der Waals surface area contributed by atoms with Crippen LogP contribution < -0.4 is 19.7 Å². The second kappa shape index (κ2) is 10.9. The van der Waals surface area contributed by atoms with Crippen molar-refractivity contribution >= 4 is 23.2 Å². The molecule has 2 atom stereocenters. The lowest BCUT2D eigenvalue weighted by Crippen LogP contribution is -2.66. The summed E-state index contributed by atoms with van der Waals surface area (Å²) in [6.07, 6.45) is 3.59. The molecule has 0 aliphatic carbocycles. The number of fused-ring (bicyclic) bond motifs is 2. The van der Waals surface area contributed by atoms with E-state index in [0.29, 0.717) is 47.1 Å². The monoisotopic (exact) mass is 561 g/mol. The minimum atomic E-state index is -0.196. The van der Waals surface area contributed by atoms with Gasteiger partial charge in [-0.05, 0) is 55.2 Å². The van der Waals surface area contributed by atoms with Gasteiger partial charge in [-0.15, -0.1) is 0 Å². The van der Waals surface area contributed by atoms with E-state index in [2.05, 4.69) is 39.2 Å². The Morgan fingerprint density at radius 2 is 2.00 bits per heavy atom. The van der Waals surface area contributed by atoms with Gasteiger partial charge in [0.15, 0.2) is 0 Å². The molecule has 3 aromatic rings. The number of rotatable bonds is 7. The topological polar surface area (TPSA) is 79.8 Å². The van der Waals surface area contributed by atoms with Crippen molar-refractivity contribution < 1.29 is 14.3 Å². The maximum atomic E-state index is 14.0. The molecule has 0 saturated carbocycles. The number of nitrogens with one attached hydrogen (secondary N) is 1. The first kappa shape index (κ1) is 26.8. The number of pyridine rings is 2. The lowest BCUT2D eigenvalue weighted by Gasteiger charge is -2.55. The standard InChI is InChI=1S/C31H36ClN5O3/c1-4-20-18-36(25-9-6-10-26(39-3)27(25)32)15-13-31(20)19-37(21-16-33-17-21)30(38)28-23(31)11-12-24(35-28)22-8-7-14-34-29(22)40-5-2/h6-12,14,20-21,33H,4-5,13,15-19H2,1-3H3. The molecule has 6 rings (SSSR count). The van der Waals surface area contributed by atoms with Crippen LogP contribution in [0.1, 0.15) is 42.7 Å². The Hall–Kier alpha value is -3.36. The summed E-state index contributed by atoms with van der Waals surface area (Å²) in [4.78, 5) is 27.9. The number of carbonyl (C=O) groups is 1. The lowest BCUT2D eigenvalue weighted by molar-refractivity contribution is 0.0371. The summed E-state index contributed by atoms with van der Waals surface area (Å²) in [7, 11) is 1.65. The zero-order valence-corrected chi connectivity index (χ0v) is 24.1. The first-order chi connectivity index (χ1) is 19.5. The molecule has 2 unspecified atom stereocenters. The highest BCUT2D eigenvalue weighted by molar-refractivity contribution is 6.34. The minimum Gasteiger partial charge on any atom is -0.495 e. The SMILES string of the molecule is CCOc1ncccc1-c1ccc2c(n1)C(=O)N(C1CNC1)CC21CCN(c2cccc(OC)c2Cl)CC1CC. The van der Waals surface area contributed by atoms with Crippen LogP contribution in [0, 0.1) is 5.92 Å². The van der Waals surface area contributed by atoms with Gasteiger partial charge in [0.05, 0.1) is 36.7 Å². The Kier molecular flexibility index (Phi) is 7.31. The quantitative estimate of drug-likeness (QED) is 0.443. The summed E-state index contributed by atoms with van der Waals surface area (Å²) < 4.78 is 11.3. The number of benzene rings is 1. The van der Waals surface area contributed by atoms with Crippen molar-refractivity contribution in [3.63, 3.8) is 0 Å². The molecule has 2 aromatic heterocycles. The molecule has 1 spiro atoms. The Labute approximate surface area is 240 Å². The van der Waals surface area contributed by atoms with Crippen LogP contribution in [-0.4, -0.2) is 73.3 Å². The molecule has 2 saturated heterocycles. The van der Waals surface area contributed by atoms with Crippen LogP contribution in [-0.2, 0) is 5.41 Å². The molecule has 40 heavy (non-hydrogen) atoms. The fourth-order valence-corrected chi connectivity index (χ4v) is 6.99. The van der Waals surface area contributed by atoms with Gasteiger partial charge in [0.25, 0.3) is 5.91 Å². The molecular weight excluding hydrogens is 526 g/mol. The first-order valence-corrected chi connectivity index (χ1v) is 14.6. The highest BCUT2D eigenvalue weighted by Crippen LogP contribution is 2.49. The van der Waals surface area contributed by atoms with Crippen LogP contribution >= 0.6 is 11.6 Å². The number of amides is 1. The molecule has 1 N–H and O–H groups in total. The maximum absolute atomic E-state index is 14.0. The predicted octanol–water partition coefficient (Wildman–Crippen LogP) is 4.81. The summed E-state index contributed by atoms with van der Waals surface area (Å²) in [5, 5.41) is 3.99. The van der Waals surface area contributed by atoms with Crippen molar-refractivity contribution in [2.24, 2.45) is 5.92 Å². The normalized spacial score (nSPS) is 22.7. The molecule has 1 amide bonds. The Balaban J connectivity index is 1.42. The number of piperidine rings is 1. The van der Waals surface area contributed by atoms with Gasteiger partial charge in [-0.2, -0.15) is 0 Å². The second-order valence-corrected chi connectivity index (χ2v) is 11.3. The summed E-state index contributed by atoms with van der Waals surface area (Å²) in [5.74, 6) is 1.54. The molecule has 3 aliphatic heterocycles. The van der Waals surface area contributed by atoms with E-state index < -0.39 is 0 Å². The van der Waals surface area contributed by atoms with Crippen LogP contribution in [0.4, 0.5) is 5.69 Å². The Morgan fingerprint density at radius 1 is 1.15 bits per heavy atom. The molecular formula is C31H36ClN5O3.